The molecule has 6 nitrogen and oxygen atoms in total. The summed E-state index contributed by atoms with van der Waals surface area (Å²) >= 11 is 0. The first-order valence-corrected chi connectivity index (χ1v) is 8.30. The van der Waals surface area contributed by atoms with E-state index in [-0.39, 0.29) is 23.8 Å². The SMILES string of the molecule is CC(=O)N1CCC(CNC(=O)CCc2ccccc2C(=O)O)CC1. The maximum atomic E-state index is 12.0. The number of carboxylic acids is 1. The lowest BCUT2D eigenvalue weighted by molar-refractivity contribution is -0.130. The highest BCUT2D eigenvalue weighted by Crippen LogP contribution is 2.16. The fraction of sp³-hybridized carbons (Fsp3) is 0.500. The molecular weight excluding hydrogens is 308 g/mol. The van der Waals surface area contributed by atoms with Crippen LogP contribution in [0.25, 0.3) is 0 Å². The molecule has 0 spiro atoms. The van der Waals surface area contributed by atoms with Crippen molar-refractivity contribution in [2.24, 2.45) is 5.92 Å². The molecule has 1 heterocycles. The van der Waals surface area contributed by atoms with E-state index < -0.39 is 5.97 Å². The van der Waals surface area contributed by atoms with Crippen LogP contribution in [0.2, 0.25) is 0 Å². The average molecular weight is 332 g/mol. The number of benzene rings is 1. The molecule has 0 aliphatic carbocycles. The normalized spacial score (nSPS) is 15.1. The van der Waals surface area contributed by atoms with Gasteiger partial charge in [-0.05, 0) is 36.8 Å². The van der Waals surface area contributed by atoms with E-state index in [9.17, 15) is 14.4 Å². The largest absolute Gasteiger partial charge is 0.478 e. The van der Waals surface area contributed by atoms with Crippen LogP contribution in [0.3, 0.4) is 0 Å². The van der Waals surface area contributed by atoms with Crippen LogP contribution >= 0.6 is 0 Å². The highest BCUT2D eigenvalue weighted by atomic mass is 16.4. The first kappa shape index (κ1) is 18.0. The van der Waals surface area contributed by atoms with Crippen molar-refractivity contribution >= 4 is 17.8 Å². The Morgan fingerprint density at radius 2 is 1.88 bits per heavy atom. The molecule has 130 valence electrons. The smallest absolute Gasteiger partial charge is 0.335 e. The highest BCUT2D eigenvalue weighted by Gasteiger charge is 2.21. The van der Waals surface area contributed by atoms with Gasteiger partial charge in [0.1, 0.15) is 0 Å². The van der Waals surface area contributed by atoms with Crippen molar-refractivity contribution in [3.05, 3.63) is 35.4 Å². The summed E-state index contributed by atoms with van der Waals surface area (Å²) in [5, 5.41) is 12.1. The van der Waals surface area contributed by atoms with Gasteiger partial charge < -0.3 is 15.3 Å². The standard InChI is InChI=1S/C18H24N2O4/c1-13(21)20-10-8-14(9-11-20)12-19-17(22)7-6-15-4-2-3-5-16(15)18(23)24/h2-5,14H,6-12H2,1H3,(H,19,22)(H,23,24). The molecule has 1 aliphatic heterocycles. The van der Waals surface area contributed by atoms with Gasteiger partial charge >= 0.3 is 5.97 Å². The molecule has 1 aromatic carbocycles. The number of aryl methyl sites for hydroxylation is 1. The van der Waals surface area contributed by atoms with E-state index in [1.165, 1.54) is 0 Å². The number of aromatic carboxylic acids is 1. The predicted octanol–water partition coefficient (Wildman–Crippen LogP) is 1.69. The van der Waals surface area contributed by atoms with E-state index in [0.29, 0.717) is 24.4 Å². The maximum Gasteiger partial charge on any atom is 0.335 e. The molecule has 1 aliphatic rings. The van der Waals surface area contributed by atoms with E-state index in [0.717, 1.165) is 25.9 Å². The fourth-order valence-electron chi connectivity index (χ4n) is 2.99. The van der Waals surface area contributed by atoms with Crippen LogP contribution in [0.4, 0.5) is 0 Å². The van der Waals surface area contributed by atoms with Crippen LogP contribution in [0, 0.1) is 5.92 Å². The Kier molecular flexibility index (Phi) is 6.35. The van der Waals surface area contributed by atoms with Gasteiger partial charge in [0.05, 0.1) is 5.56 Å². The van der Waals surface area contributed by atoms with E-state index in [1.54, 1.807) is 31.2 Å². The molecule has 1 saturated heterocycles. The van der Waals surface area contributed by atoms with Crippen molar-refractivity contribution in [2.45, 2.75) is 32.6 Å². The van der Waals surface area contributed by atoms with Crippen molar-refractivity contribution in [2.75, 3.05) is 19.6 Å². The summed E-state index contributed by atoms with van der Waals surface area (Å²) in [7, 11) is 0. The molecule has 0 bridgehead atoms. The molecule has 2 N–H and O–H groups in total. The lowest BCUT2D eigenvalue weighted by atomic mass is 9.96. The van der Waals surface area contributed by atoms with Crippen LogP contribution < -0.4 is 5.32 Å². The van der Waals surface area contributed by atoms with Gasteiger partial charge in [-0.3, -0.25) is 9.59 Å². The summed E-state index contributed by atoms with van der Waals surface area (Å²) in [4.78, 5) is 36.3. The molecule has 1 fully saturated rings. The lowest BCUT2D eigenvalue weighted by Gasteiger charge is -2.31. The van der Waals surface area contributed by atoms with Gasteiger partial charge in [0, 0.05) is 33.0 Å². The summed E-state index contributed by atoms with van der Waals surface area (Å²) in [5.74, 6) is -0.530. The predicted molar refractivity (Wildman–Crippen MR) is 89.7 cm³/mol. The molecule has 0 atom stereocenters. The Morgan fingerprint density at radius 1 is 1.21 bits per heavy atom. The Morgan fingerprint density at radius 3 is 2.50 bits per heavy atom. The van der Waals surface area contributed by atoms with Gasteiger partial charge in [0.25, 0.3) is 0 Å². The number of amides is 2. The number of nitrogens with zero attached hydrogens (tertiary/aromatic N) is 1. The van der Waals surface area contributed by atoms with Crippen LogP contribution in [0.5, 0.6) is 0 Å². The van der Waals surface area contributed by atoms with Gasteiger partial charge in [-0.1, -0.05) is 18.2 Å². The number of piperidine rings is 1. The van der Waals surface area contributed by atoms with E-state index in [1.807, 2.05) is 4.90 Å². The lowest BCUT2D eigenvalue weighted by Crippen LogP contribution is -2.40. The molecule has 2 amide bonds. The number of hydrogen-bond acceptors (Lipinski definition) is 3. The molecule has 24 heavy (non-hydrogen) atoms. The van der Waals surface area contributed by atoms with Crippen molar-refractivity contribution in [1.82, 2.24) is 10.2 Å². The van der Waals surface area contributed by atoms with Gasteiger partial charge in [0.2, 0.25) is 11.8 Å². The Labute approximate surface area is 141 Å². The molecule has 0 unspecified atom stereocenters. The first-order chi connectivity index (χ1) is 11.5. The Bertz CT molecular complexity index is 607. The van der Waals surface area contributed by atoms with Gasteiger partial charge in [-0.2, -0.15) is 0 Å². The minimum absolute atomic E-state index is 0.0656. The van der Waals surface area contributed by atoms with E-state index in [2.05, 4.69) is 5.32 Å². The van der Waals surface area contributed by atoms with Crippen molar-refractivity contribution in [3.63, 3.8) is 0 Å². The average Bonchev–Trinajstić information content (AvgIpc) is 2.58. The monoisotopic (exact) mass is 332 g/mol. The van der Waals surface area contributed by atoms with Crippen molar-refractivity contribution in [3.8, 4) is 0 Å². The second kappa shape index (κ2) is 8.47. The number of nitrogens with one attached hydrogen (secondary N) is 1. The Balaban J connectivity index is 1.73. The number of carboxylic acid groups (broad SMARTS) is 1. The second-order valence-electron chi connectivity index (χ2n) is 6.22. The van der Waals surface area contributed by atoms with Crippen LogP contribution in [-0.2, 0) is 16.0 Å². The van der Waals surface area contributed by atoms with Crippen LogP contribution in [0.15, 0.2) is 24.3 Å². The fourth-order valence-corrected chi connectivity index (χ4v) is 2.99. The number of carbonyl (C=O) groups is 3. The minimum atomic E-state index is -0.969. The van der Waals surface area contributed by atoms with Crippen molar-refractivity contribution in [1.29, 1.82) is 0 Å². The van der Waals surface area contributed by atoms with Crippen molar-refractivity contribution < 1.29 is 19.5 Å². The molecular formula is C18H24N2O4. The molecule has 0 radical (unpaired) electrons. The minimum Gasteiger partial charge on any atom is -0.478 e. The summed E-state index contributed by atoms with van der Waals surface area (Å²) < 4.78 is 0. The zero-order valence-corrected chi connectivity index (χ0v) is 14.0. The molecule has 6 heteroatoms. The summed E-state index contributed by atoms with van der Waals surface area (Å²) in [6, 6.07) is 6.76. The topological polar surface area (TPSA) is 86.7 Å². The van der Waals surface area contributed by atoms with Gasteiger partial charge in [-0.25, -0.2) is 4.79 Å². The number of rotatable bonds is 6. The molecule has 0 aromatic heterocycles. The summed E-state index contributed by atoms with van der Waals surface area (Å²) in [6.45, 7) is 3.70. The second-order valence-corrected chi connectivity index (χ2v) is 6.22. The maximum absolute atomic E-state index is 12.0. The van der Waals surface area contributed by atoms with Crippen LogP contribution in [0.1, 0.15) is 42.1 Å². The van der Waals surface area contributed by atoms with E-state index >= 15 is 0 Å². The third-order valence-electron chi connectivity index (χ3n) is 4.52. The van der Waals surface area contributed by atoms with E-state index in [4.69, 9.17) is 5.11 Å². The third kappa shape index (κ3) is 5.08. The summed E-state index contributed by atoms with van der Waals surface area (Å²) in [6.07, 6.45) is 2.50. The zero-order chi connectivity index (χ0) is 17.5. The molecule has 1 aromatic rings. The zero-order valence-electron chi connectivity index (χ0n) is 14.0. The summed E-state index contributed by atoms with van der Waals surface area (Å²) in [5.41, 5.74) is 0.928. The first-order valence-electron chi connectivity index (χ1n) is 8.30. The Hall–Kier alpha value is -2.37. The number of likely N-dealkylation sites (tertiary alicyclic amines) is 1. The van der Waals surface area contributed by atoms with Gasteiger partial charge in [0.15, 0.2) is 0 Å². The molecule has 2 rings (SSSR count). The van der Waals surface area contributed by atoms with Crippen LogP contribution in [-0.4, -0.2) is 47.4 Å². The number of carbonyl (C=O) groups excluding carboxylic acids is 2. The van der Waals surface area contributed by atoms with Gasteiger partial charge in [-0.15, -0.1) is 0 Å². The quantitative estimate of drug-likeness (QED) is 0.830. The highest BCUT2D eigenvalue weighted by molar-refractivity contribution is 5.89. The third-order valence-corrected chi connectivity index (χ3v) is 4.52. The number of hydrogen-bond donors (Lipinski definition) is 2. The molecule has 0 saturated carbocycles.